The minimum absolute atomic E-state index is 0.00356. The van der Waals surface area contributed by atoms with Crippen molar-refractivity contribution in [2.45, 2.75) is 69.4 Å². The Morgan fingerprint density at radius 3 is 2.16 bits per heavy atom. The summed E-state index contributed by atoms with van der Waals surface area (Å²) in [6.07, 6.45) is 7.09. The van der Waals surface area contributed by atoms with Crippen LogP contribution >= 0.6 is 0 Å². The Morgan fingerprint density at radius 2 is 1.61 bits per heavy atom. The van der Waals surface area contributed by atoms with Crippen molar-refractivity contribution in [2.75, 3.05) is 4.31 Å². The average Bonchev–Trinajstić information content (AvgIpc) is 3.21. The zero-order valence-electron chi connectivity index (χ0n) is 17.7. The third-order valence-corrected chi connectivity index (χ3v) is 9.46. The van der Waals surface area contributed by atoms with Crippen LogP contribution in [0.2, 0.25) is 0 Å². The zero-order chi connectivity index (χ0) is 21.8. The highest BCUT2D eigenvalue weighted by molar-refractivity contribution is 7.74. The van der Waals surface area contributed by atoms with Gasteiger partial charge < -0.3 is 11.1 Å². The Labute approximate surface area is 184 Å². The molecule has 2 atom stereocenters. The van der Waals surface area contributed by atoms with Crippen LogP contribution in [-0.2, 0) is 20.5 Å². The van der Waals surface area contributed by atoms with Gasteiger partial charge >= 0.3 is 0 Å². The molecule has 2 amide bonds. The van der Waals surface area contributed by atoms with Crippen LogP contribution < -0.4 is 15.4 Å². The van der Waals surface area contributed by atoms with Crippen molar-refractivity contribution in [3.8, 4) is 0 Å². The lowest BCUT2D eigenvalue weighted by atomic mass is 9.47. The van der Waals surface area contributed by atoms with Crippen LogP contribution in [0.5, 0.6) is 0 Å². The number of thiol groups is 1. The highest BCUT2D eigenvalue weighted by Crippen LogP contribution is 2.60. The van der Waals surface area contributed by atoms with Gasteiger partial charge in [-0.3, -0.25) is 13.9 Å². The van der Waals surface area contributed by atoms with Crippen molar-refractivity contribution in [1.82, 2.24) is 5.32 Å². The number of para-hydroxylation sites is 1. The molecular weight excluding hydrogens is 414 g/mol. The lowest BCUT2D eigenvalue weighted by molar-refractivity contribution is -0.148. The summed E-state index contributed by atoms with van der Waals surface area (Å²) >= 11 is 0. The molecule has 1 aromatic rings. The molecule has 5 saturated carbocycles. The van der Waals surface area contributed by atoms with Crippen LogP contribution in [0.3, 0.4) is 0 Å². The van der Waals surface area contributed by atoms with Gasteiger partial charge in [0.25, 0.3) is 0 Å². The summed E-state index contributed by atoms with van der Waals surface area (Å²) in [7, 11) is -2.97. The van der Waals surface area contributed by atoms with E-state index in [0.29, 0.717) is 24.4 Å². The van der Waals surface area contributed by atoms with Gasteiger partial charge in [-0.1, -0.05) is 31.0 Å². The van der Waals surface area contributed by atoms with E-state index in [-0.39, 0.29) is 29.7 Å². The van der Waals surface area contributed by atoms with Crippen LogP contribution in [0.4, 0.5) is 5.69 Å². The molecule has 0 spiro atoms. The first-order chi connectivity index (χ1) is 14.8. The van der Waals surface area contributed by atoms with E-state index < -0.39 is 21.8 Å². The normalized spacial score (nSPS) is 35.3. The monoisotopic (exact) mass is 445 g/mol. The van der Waals surface area contributed by atoms with Gasteiger partial charge in [-0.15, -0.1) is 0 Å². The first-order valence-corrected chi connectivity index (χ1v) is 12.6. The molecule has 5 aliphatic carbocycles. The molecule has 6 rings (SSSR count). The summed E-state index contributed by atoms with van der Waals surface area (Å²) in [5.41, 5.74) is 4.85. The van der Waals surface area contributed by atoms with Crippen LogP contribution in [0.15, 0.2) is 30.3 Å². The standard InChI is InChI=1S/C23H31N3O4S/c24-20(27)22-12-15-10-16(13-22)19(17(11-15)14-22)25-21(28)23(8-4-5-9-23)26(31(29)30)18-6-2-1-3-7-18/h1-3,6-7,15-17,19,31H,4-5,8-14H2,(H2,24,27)(H,25,28). The van der Waals surface area contributed by atoms with E-state index in [1.165, 1.54) is 4.31 Å². The highest BCUT2D eigenvalue weighted by atomic mass is 32.2. The number of rotatable bonds is 6. The molecular formula is C23H31N3O4S. The largest absolute Gasteiger partial charge is 0.369 e. The second-order valence-corrected chi connectivity index (χ2v) is 11.1. The summed E-state index contributed by atoms with van der Waals surface area (Å²) in [4.78, 5) is 26.0. The third kappa shape index (κ3) is 3.25. The Balaban J connectivity index is 1.43. The smallest absolute Gasteiger partial charge is 0.247 e. The van der Waals surface area contributed by atoms with Crippen molar-refractivity contribution in [3.05, 3.63) is 30.3 Å². The lowest BCUT2D eigenvalue weighted by Gasteiger charge is -2.59. The molecule has 5 aliphatic rings. The number of carbonyl (C=O) groups excluding carboxylic acids is 2. The number of nitrogens with one attached hydrogen (secondary N) is 1. The molecule has 1 aromatic carbocycles. The number of carbonyl (C=O) groups is 2. The maximum absolute atomic E-state index is 13.8. The Bertz CT molecular complexity index is 933. The number of hydrogen-bond donors (Lipinski definition) is 3. The van der Waals surface area contributed by atoms with E-state index in [9.17, 15) is 18.0 Å². The molecule has 0 saturated heterocycles. The van der Waals surface area contributed by atoms with E-state index in [1.807, 2.05) is 6.07 Å². The molecule has 0 radical (unpaired) electrons. The van der Waals surface area contributed by atoms with Crippen LogP contribution in [0.25, 0.3) is 0 Å². The summed E-state index contributed by atoms with van der Waals surface area (Å²) in [6.45, 7) is 0. The second-order valence-electron chi connectivity index (χ2n) is 10.2. The topological polar surface area (TPSA) is 110 Å². The maximum atomic E-state index is 13.8. The summed E-state index contributed by atoms with van der Waals surface area (Å²) < 4.78 is 26.1. The third-order valence-electron chi connectivity index (χ3n) is 8.52. The van der Waals surface area contributed by atoms with Gasteiger partial charge in [0.05, 0.1) is 5.69 Å². The molecule has 3 N–H and O–H groups in total. The van der Waals surface area contributed by atoms with Gasteiger partial charge in [-0.25, -0.2) is 8.42 Å². The van der Waals surface area contributed by atoms with Crippen molar-refractivity contribution < 1.29 is 18.0 Å². The fourth-order valence-electron chi connectivity index (χ4n) is 7.41. The Morgan fingerprint density at radius 1 is 1.00 bits per heavy atom. The minimum atomic E-state index is -2.97. The van der Waals surface area contributed by atoms with Crippen molar-refractivity contribution >= 4 is 28.4 Å². The second kappa shape index (κ2) is 7.50. The van der Waals surface area contributed by atoms with Crippen LogP contribution in [0, 0.1) is 23.2 Å². The van der Waals surface area contributed by atoms with Gasteiger partial charge in [0, 0.05) is 11.5 Å². The number of primary amides is 1. The number of nitrogens with zero attached hydrogens (tertiary/aromatic N) is 1. The number of benzene rings is 1. The number of hydrogen-bond acceptors (Lipinski definition) is 4. The number of nitrogens with two attached hydrogens (primary N) is 1. The summed E-state index contributed by atoms with van der Waals surface area (Å²) in [5.74, 6) is 0.622. The minimum Gasteiger partial charge on any atom is -0.369 e. The fourth-order valence-corrected chi connectivity index (χ4v) is 8.33. The summed E-state index contributed by atoms with van der Waals surface area (Å²) in [5, 5.41) is 3.31. The molecule has 31 heavy (non-hydrogen) atoms. The maximum Gasteiger partial charge on any atom is 0.247 e. The molecule has 7 nitrogen and oxygen atoms in total. The number of anilines is 1. The molecule has 168 valence electrons. The first kappa shape index (κ1) is 20.8. The lowest BCUT2D eigenvalue weighted by Crippen LogP contribution is -2.65. The molecule has 2 unspecified atom stereocenters. The number of amides is 2. The predicted molar refractivity (Wildman–Crippen MR) is 118 cm³/mol. The van der Waals surface area contributed by atoms with Crippen LogP contribution in [-0.4, -0.2) is 31.8 Å². The van der Waals surface area contributed by atoms with Gasteiger partial charge in [-0.05, 0) is 74.8 Å². The van der Waals surface area contributed by atoms with E-state index in [0.717, 1.165) is 44.9 Å². The van der Waals surface area contributed by atoms with Crippen molar-refractivity contribution in [2.24, 2.45) is 28.9 Å². The Kier molecular flexibility index (Phi) is 5.03. The zero-order valence-corrected chi connectivity index (χ0v) is 18.6. The molecule has 4 bridgehead atoms. The Hall–Kier alpha value is -2.09. The molecule has 0 aliphatic heterocycles. The molecule has 0 aromatic heterocycles. The average molecular weight is 446 g/mol. The SMILES string of the molecule is NC(=O)C12CC3CC(C1)C(NC(=O)C1(N(c4ccccc4)[SH](=O)=O)CCCC1)C(C3)C2. The molecule has 5 fully saturated rings. The molecule has 0 heterocycles. The van der Waals surface area contributed by atoms with E-state index in [1.54, 1.807) is 24.3 Å². The van der Waals surface area contributed by atoms with E-state index >= 15 is 0 Å². The van der Waals surface area contributed by atoms with Gasteiger partial charge in [0.2, 0.25) is 22.7 Å². The molecule has 8 heteroatoms. The predicted octanol–water partition coefficient (Wildman–Crippen LogP) is 2.13. The highest BCUT2D eigenvalue weighted by Gasteiger charge is 2.59. The fraction of sp³-hybridized carbons (Fsp3) is 0.652. The van der Waals surface area contributed by atoms with Crippen molar-refractivity contribution in [1.29, 1.82) is 0 Å². The van der Waals surface area contributed by atoms with Gasteiger partial charge in [-0.2, -0.15) is 0 Å². The van der Waals surface area contributed by atoms with Crippen LogP contribution in [0.1, 0.15) is 57.8 Å². The van der Waals surface area contributed by atoms with E-state index in [4.69, 9.17) is 5.73 Å². The van der Waals surface area contributed by atoms with Gasteiger partial charge in [0.1, 0.15) is 5.54 Å². The first-order valence-electron chi connectivity index (χ1n) is 11.5. The van der Waals surface area contributed by atoms with Gasteiger partial charge in [0.15, 0.2) is 0 Å². The quantitative estimate of drug-likeness (QED) is 0.583. The van der Waals surface area contributed by atoms with Crippen molar-refractivity contribution in [3.63, 3.8) is 0 Å². The summed E-state index contributed by atoms with van der Waals surface area (Å²) in [6, 6.07) is 8.92. The van der Waals surface area contributed by atoms with E-state index in [2.05, 4.69) is 5.32 Å².